The number of aromatic amines is 1. The second-order valence-electron chi connectivity index (χ2n) is 4.25. The van der Waals surface area contributed by atoms with Gasteiger partial charge in [0.25, 0.3) is 0 Å². The lowest BCUT2D eigenvalue weighted by molar-refractivity contribution is -0.136. The Bertz CT molecular complexity index is 333. The van der Waals surface area contributed by atoms with E-state index in [0.717, 1.165) is 6.54 Å². The van der Waals surface area contributed by atoms with Crippen LogP contribution in [0.5, 0.6) is 0 Å². The van der Waals surface area contributed by atoms with E-state index in [1.165, 1.54) is 6.33 Å². The molecule has 1 amide bonds. The number of rotatable bonds is 5. The summed E-state index contributed by atoms with van der Waals surface area (Å²) in [7, 11) is 1.75. The zero-order valence-corrected chi connectivity index (χ0v) is 10.2. The third-order valence-corrected chi connectivity index (χ3v) is 2.35. The maximum atomic E-state index is 12.1. The molecule has 0 saturated heterocycles. The molecule has 6 heteroatoms. The smallest absolute Gasteiger partial charge is 0.242 e. The normalized spacial score (nSPS) is 11.5. The summed E-state index contributed by atoms with van der Waals surface area (Å²) in [6, 6.07) is 0. The highest BCUT2D eigenvalue weighted by molar-refractivity contribution is 5.85. The summed E-state index contributed by atoms with van der Waals surface area (Å²) in [5, 5.41) is 9.62. The highest BCUT2D eigenvalue weighted by Crippen LogP contribution is 2.08. The van der Waals surface area contributed by atoms with Gasteiger partial charge in [-0.2, -0.15) is 5.10 Å². The van der Waals surface area contributed by atoms with E-state index in [4.69, 9.17) is 0 Å². The summed E-state index contributed by atoms with van der Waals surface area (Å²) in [6.45, 7) is 6.92. The quantitative estimate of drug-likeness (QED) is 0.748. The number of nitrogens with zero attached hydrogens (tertiary/aromatic N) is 3. The monoisotopic (exact) mass is 225 g/mol. The molecule has 6 nitrogen and oxygen atoms in total. The Balaban J connectivity index is 2.60. The SMILES string of the molecule is CCNC(C)(C)C(=O)N(C)Cc1ncn[nH]1. The molecule has 1 aromatic rings. The molecule has 90 valence electrons. The minimum absolute atomic E-state index is 0.0331. The molecule has 0 aliphatic heterocycles. The van der Waals surface area contributed by atoms with E-state index in [1.54, 1.807) is 11.9 Å². The predicted octanol–water partition coefficient (Wildman–Crippen LogP) is 0.151. The van der Waals surface area contributed by atoms with Crippen LogP contribution in [0.4, 0.5) is 0 Å². The first-order chi connectivity index (χ1) is 7.47. The van der Waals surface area contributed by atoms with Crippen LogP contribution in [-0.4, -0.2) is 45.1 Å². The van der Waals surface area contributed by atoms with E-state index in [-0.39, 0.29) is 5.91 Å². The standard InChI is InChI=1S/C10H19N5O/c1-5-12-10(2,3)9(16)15(4)6-8-11-7-13-14-8/h7,12H,5-6H2,1-4H3,(H,11,13,14). The van der Waals surface area contributed by atoms with Crippen LogP contribution in [0.2, 0.25) is 0 Å². The second kappa shape index (κ2) is 5.07. The van der Waals surface area contributed by atoms with E-state index >= 15 is 0 Å². The van der Waals surface area contributed by atoms with Crippen LogP contribution in [-0.2, 0) is 11.3 Å². The number of carbonyl (C=O) groups excluding carboxylic acids is 1. The number of amides is 1. The Hall–Kier alpha value is -1.43. The average molecular weight is 225 g/mol. The first-order valence-electron chi connectivity index (χ1n) is 5.32. The van der Waals surface area contributed by atoms with E-state index in [2.05, 4.69) is 20.5 Å². The summed E-state index contributed by atoms with van der Waals surface area (Å²) in [6.07, 6.45) is 1.43. The van der Waals surface area contributed by atoms with Gasteiger partial charge in [-0.3, -0.25) is 9.89 Å². The van der Waals surface area contributed by atoms with Gasteiger partial charge in [-0.25, -0.2) is 4.98 Å². The van der Waals surface area contributed by atoms with Crippen molar-refractivity contribution in [3.05, 3.63) is 12.2 Å². The lowest BCUT2D eigenvalue weighted by Crippen LogP contribution is -2.52. The highest BCUT2D eigenvalue weighted by atomic mass is 16.2. The Labute approximate surface area is 95.4 Å². The molecule has 0 unspecified atom stereocenters. The lowest BCUT2D eigenvalue weighted by atomic mass is 10.0. The fourth-order valence-electron chi connectivity index (χ4n) is 1.60. The van der Waals surface area contributed by atoms with Crippen molar-refractivity contribution in [1.82, 2.24) is 25.4 Å². The molecule has 0 spiro atoms. The van der Waals surface area contributed by atoms with Gasteiger partial charge in [-0.05, 0) is 20.4 Å². The van der Waals surface area contributed by atoms with E-state index < -0.39 is 5.54 Å². The highest BCUT2D eigenvalue weighted by Gasteiger charge is 2.29. The van der Waals surface area contributed by atoms with E-state index in [0.29, 0.717) is 12.4 Å². The second-order valence-corrected chi connectivity index (χ2v) is 4.25. The fraction of sp³-hybridized carbons (Fsp3) is 0.700. The van der Waals surface area contributed by atoms with Crippen molar-refractivity contribution < 1.29 is 4.79 Å². The van der Waals surface area contributed by atoms with Gasteiger partial charge in [-0.1, -0.05) is 6.92 Å². The van der Waals surface area contributed by atoms with Crippen LogP contribution in [0.25, 0.3) is 0 Å². The summed E-state index contributed by atoms with van der Waals surface area (Å²) in [5.41, 5.74) is -0.552. The third kappa shape index (κ3) is 3.03. The van der Waals surface area contributed by atoms with Crippen LogP contribution in [0.1, 0.15) is 26.6 Å². The molecule has 0 aliphatic rings. The van der Waals surface area contributed by atoms with Crippen LogP contribution >= 0.6 is 0 Å². The average Bonchev–Trinajstić information content (AvgIpc) is 2.69. The molecule has 0 aromatic carbocycles. The number of H-pyrrole nitrogens is 1. The first kappa shape index (κ1) is 12.6. The topological polar surface area (TPSA) is 73.9 Å². The maximum absolute atomic E-state index is 12.1. The summed E-state index contributed by atoms with van der Waals surface area (Å²) in [5.74, 6) is 0.717. The third-order valence-electron chi connectivity index (χ3n) is 2.35. The van der Waals surface area contributed by atoms with Crippen molar-refractivity contribution >= 4 is 5.91 Å². The zero-order chi connectivity index (χ0) is 12.2. The number of hydrogen-bond donors (Lipinski definition) is 2. The van der Waals surface area contributed by atoms with E-state index in [1.807, 2.05) is 20.8 Å². The van der Waals surface area contributed by atoms with Gasteiger partial charge < -0.3 is 10.2 Å². The van der Waals surface area contributed by atoms with Crippen molar-refractivity contribution in [3.8, 4) is 0 Å². The minimum Gasteiger partial charge on any atom is -0.337 e. The van der Waals surface area contributed by atoms with Crippen molar-refractivity contribution in [2.24, 2.45) is 0 Å². The fourth-order valence-corrected chi connectivity index (χ4v) is 1.60. The van der Waals surface area contributed by atoms with Gasteiger partial charge in [0.05, 0.1) is 12.1 Å². The molecule has 16 heavy (non-hydrogen) atoms. The Morgan fingerprint density at radius 3 is 2.81 bits per heavy atom. The van der Waals surface area contributed by atoms with Gasteiger partial charge in [0.15, 0.2) is 0 Å². The minimum atomic E-state index is -0.552. The summed E-state index contributed by atoms with van der Waals surface area (Å²) < 4.78 is 0. The molecule has 0 atom stereocenters. The number of aromatic nitrogens is 3. The molecule has 0 fully saturated rings. The van der Waals surface area contributed by atoms with Crippen LogP contribution < -0.4 is 5.32 Å². The summed E-state index contributed by atoms with van der Waals surface area (Å²) >= 11 is 0. The predicted molar refractivity (Wildman–Crippen MR) is 60.6 cm³/mol. The molecule has 0 aliphatic carbocycles. The Kier molecular flexibility index (Phi) is 4.00. The lowest BCUT2D eigenvalue weighted by Gasteiger charge is -2.29. The molecule has 2 N–H and O–H groups in total. The number of hydrogen-bond acceptors (Lipinski definition) is 4. The first-order valence-corrected chi connectivity index (χ1v) is 5.32. The maximum Gasteiger partial charge on any atom is 0.242 e. The van der Waals surface area contributed by atoms with Gasteiger partial charge in [0.1, 0.15) is 12.2 Å². The Morgan fingerprint density at radius 2 is 2.31 bits per heavy atom. The number of nitrogens with one attached hydrogen (secondary N) is 2. The van der Waals surface area contributed by atoms with Crippen molar-refractivity contribution in [3.63, 3.8) is 0 Å². The van der Waals surface area contributed by atoms with E-state index in [9.17, 15) is 4.79 Å². The largest absolute Gasteiger partial charge is 0.337 e. The van der Waals surface area contributed by atoms with Crippen molar-refractivity contribution in [1.29, 1.82) is 0 Å². The molecule has 1 aromatic heterocycles. The molecule has 1 heterocycles. The van der Waals surface area contributed by atoms with Gasteiger partial charge in [-0.15, -0.1) is 0 Å². The molecule has 0 bridgehead atoms. The van der Waals surface area contributed by atoms with Gasteiger partial charge >= 0.3 is 0 Å². The molecule has 1 rings (SSSR count). The number of carbonyl (C=O) groups is 1. The van der Waals surface area contributed by atoms with Crippen LogP contribution in [0, 0.1) is 0 Å². The molecular formula is C10H19N5O. The Morgan fingerprint density at radius 1 is 1.62 bits per heavy atom. The molecule has 0 radical (unpaired) electrons. The van der Waals surface area contributed by atoms with Crippen LogP contribution in [0.3, 0.4) is 0 Å². The van der Waals surface area contributed by atoms with Crippen molar-refractivity contribution in [2.75, 3.05) is 13.6 Å². The van der Waals surface area contributed by atoms with Crippen LogP contribution in [0.15, 0.2) is 6.33 Å². The number of likely N-dealkylation sites (N-methyl/N-ethyl adjacent to an activating group) is 2. The van der Waals surface area contributed by atoms with Crippen molar-refractivity contribution in [2.45, 2.75) is 32.9 Å². The zero-order valence-electron chi connectivity index (χ0n) is 10.2. The summed E-state index contributed by atoms with van der Waals surface area (Å²) in [4.78, 5) is 17.7. The van der Waals surface area contributed by atoms with Gasteiger partial charge in [0, 0.05) is 7.05 Å². The van der Waals surface area contributed by atoms with Gasteiger partial charge in [0.2, 0.25) is 5.91 Å². The molecular weight excluding hydrogens is 206 g/mol. The molecule has 0 saturated carbocycles.